The summed E-state index contributed by atoms with van der Waals surface area (Å²) < 4.78 is 1.21. The van der Waals surface area contributed by atoms with Crippen molar-refractivity contribution in [3.8, 4) is 0 Å². The number of fused-ring (bicyclic) bond motifs is 1. The maximum Gasteiger partial charge on any atom is 0.254 e. The summed E-state index contributed by atoms with van der Waals surface area (Å²) in [5, 5.41) is 6.34. The normalized spacial score (nSPS) is 16.7. The first-order valence-corrected chi connectivity index (χ1v) is 11.9. The van der Waals surface area contributed by atoms with Gasteiger partial charge in [-0.05, 0) is 72.0 Å². The van der Waals surface area contributed by atoms with Gasteiger partial charge in [-0.25, -0.2) is 0 Å². The summed E-state index contributed by atoms with van der Waals surface area (Å²) in [5.41, 5.74) is 6.41. The Kier molecular flexibility index (Phi) is 5.36. The van der Waals surface area contributed by atoms with E-state index in [9.17, 15) is 9.59 Å². The van der Waals surface area contributed by atoms with Gasteiger partial charge in [-0.3, -0.25) is 9.59 Å². The average Bonchev–Trinajstić information content (AvgIpc) is 3.19. The second-order valence-corrected chi connectivity index (χ2v) is 9.34. The zero-order valence-electron chi connectivity index (χ0n) is 17.7. The highest BCUT2D eigenvalue weighted by atomic mass is 32.1. The average molecular weight is 431 g/mol. The van der Waals surface area contributed by atoms with Gasteiger partial charge >= 0.3 is 0 Å². The van der Waals surface area contributed by atoms with Gasteiger partial charge in [0, 0.05) is 40.8 Å². The molecule has 0 saturated heterocycles. The molecule has 0 fully saturated rings. The number of amides is 2. The van der Waals surface area contributed by atoms with Crippen molar-refractivity contribution in [2.24, 2.45) is 0 Å². The lowest BCUT2D eigenvalue weighted by Gasteiger charge is -2.27. The summed E-state index contributed by atoms with van der Waals surface area (Å²) in [4.78, 5) is 27.0. The van der Waals surface area contributed by atoms with Crippen molar-refractivity contribution in [2.75, 3.05) is 13.1 Å². The number of nitrogens with zero attached hydrogens (tertiary/aromatic N) is 1. The van der Waals surface area contributed by atoms with Crippen molar-refractivity contribution in [3.05, 3.63) is 75.7 Å². The third-order valence-electron chi connectivity index (χ3n) is 6.36. The van der Waals surface area contributed by atoms with Crippen LogP contribution in [-0.2, 0) is 6.54 Å². The molecule has 1 N–H and O–H groups in total. The Morgan fingerprint density at radius 1 is 1.06 bits per heavy atom. The van der Waals surface area contributed by atoms with Gasteiger partial charge in [0.15, 0.2) is 0 Å². The zero-order chi connectivity index (χ0) is 21.4. The molecule has 0 radical (unpaired) electrons. The monoisotopic (exact) mass is 430 g/mol. The fraction of sp³-hybridized carbons (Fsp3) is 0.308. The number of aryl methyl sites for hydroxylation is 1. The zero-order valence-corrected chi connectivity index (χ0v) is 18.6. The quantitative estimate of drug-likeness (QED) is 0.521. The maximum atomic E-state index is 12.9. The number of carbonyl (C=O) groups is 2. The van der Waals surface area contributed by atoms with Gasteiger partial charge in [-0.2, -0.15) is 0 Å². The van der Waals surface area contributed by atoms with E-state index in [4.69, 9.17) is 0 Å². The maximum absolute atomic E-state index is 12.9. The molecule has 1 aromatic heterocycles. The molecular weight excluding hydrogens is 404 g/mol. The van der Waals surface area contributed by atoms with Gasteiger partial charge in [-0.1, -0.05) is 30.7 Å². The molecule has 0 unspecified atom stereocenters. The number of unbranched alkanes of at least 4 members (excludes halogenated alkanes) is 3. The van der Waals surface area contributed by atoms with E-state index in [1.54, 1.807) is 11.3 Å². The van der Waals surface area contributed by atoms with E-state index in [1.807, 2.05) is 29.2 Å². The van der Waals surface area contributed by atoms with Crippen molar-refractivity contribution >= 4 is 38.8 Å². The lowest BCUT2D eigenvalue weighted by Crippen LogP contribution is -2.34. The van der Waals surface area contributed by atoms with E-state index in [-0.39, 0.29) is 11.8 Å². The minimum atomic E-state index is 0.0199. The lowest BCUT2D eigenvalue weighted by atomic mass is 9.90. The van der Waals surface area contributed by atoms with Crippen LogP contribution >= 0.6 is 11.3 Å². The minimum Gasteiger partial charge on any atom is -0.348 e. The smallest absolute Gasteiger partial charge is 0.254 e. The van der Waals surface area contributed by atoms with Gasteiger partial charge in [-0.15, -0.1) is 11.3 Å². The number of hydrogen-bond acceptors (Lipinski definition) is 3. The molecule has 5 heteroatoms. The first-order chi connectivity index (χ1) is 15.1. The molecule has 31 heavy (non-hydrogen) atoms. The second kappa shape index (κ2) is 8.31. The predicted molar refractivity (Wildman–Crippen MR) is 127 cm³/mol. The fourth-order valence-electron chi connectivity index (χ4n) is 4.79. The van der Waals surface area contributed by atoms with Crippen molar-refractivity contribution in [1.29, 1.82) is 0 Å². The fourth-order valence-corrected chi connectivity index (χ4v) is 5.77. The number of allylic oxidation sites excluding steroid dienone is 1. The lowest BCUT2D eigenvalue weighted by molar-refractivity contribution is 0.0735. The second-order valence-electron chi connectivity index (χ2n) is 8.43. The molecular formula is C26H26N2O2S. The minimum absolute atomic E-state index is 0.0199. The van der Waals surface area contributed by atoms with Crippen molar-refractivity contribution in [1.82, 2.24) is 10.2 Å². The van der Waals surface area contributed by atoms with Crippen LogP contribution in [-0.4, -0.2) is 29.8 Å². The number of benzene rings is 2. The summed E-state index contributed by atoms with van der Waals surface area (Å²) in [6, 6.07) is 12.0. The Balaban J connectivity index is 1.15. The SMILES string of the molecule is Cc1cccc2c1/C(=C\CCCCCN1Cc3csc4cccc(c34)C1=O)CNC2=O. The van der Waals surface area contributed by atoms with E-state index in [1.165, 1.54) is 15.8 Å². The number of nitrogens with one attached hydrogen (secondary N) is 1. The van der Waals surface area contributed by atoms with Crippen LogP contribution in [0.2, 0.25) is 0 Å². The summed E-state index contributed by atoms with van der Waals surface area (Å²) in [6.45, 7) is 4.21. The molecule has 0 atom stereocenters. The molecule has 3 aromatic rings. The van der Waals surface area contributed by atoms with Crippen molar-refractivity contribution in [3.63, 3.8) is 0 Å². The summed E-state index contributed by atoms with van der Waals surface area (Å²) in [5.74, 6) is 0.190. The third-order valence-corrected chi connectivity index (χ3v) is 7.35. The molecule has 2 amide bonds. The number of carbonyl (C=O) groups excluding carboxylic acids is 2. The molecule has 5 rings (SSSR count). The predicted octanol–water partition coefficient (Wildman–Crippen LogP) is 5.55. The number of rotatable bonds is 6. The van der Waals surface area contributed by atoms with E-state index in [0.29, 0.717) is 6.54 Å². The Bertz CT molecular complexity index is 1210. The van der Waals surface area contributed by atoms with E-state index < -0.39 is 0 Å². The Hall–Kier alpha value is -2.92. The molecule has 0 saturated carbocycles. The van der Waals surface area contributed by atoms with Crippen LogP contribution in [0.5, 0.6) is 0 Å². The van der Waals surface area contributed by atoms with Gasteiger partial charge in [0.2, 0.25) is 0 Å². The first kappa shape index (κ1) is 20.0. The molecule has 2 aromatic carbocycles. The van der Waals surface area contributed by atoms with E-state index in [0.717, 1.165) is 66.4 Å². The Morgan fingerprint density at radius 3 is 2.81 bits per heavy atom. The highest BCUT2D eigenvalue weighted by Gasteiger charge is 2.26. The van der Waals surface area contributed by atoms with Crippen LogP contribution in [0.1, 0.15) is 63.1 Å². The number of thiophene rings is 1. The van der Waals surface area contributed by atoms with E-state index >= 15 is 0 Å². The van der Waals surface area contributed by atoms with Crippen molar-refractivity contribution in [2.45, 2.75) is 39.2 Å². The molecule has 2 aliphatic rings. The van der Waals surface area contributed by atoms with Crippen LogP contribution in [0, 0.1) is 6.92 Å². The highest BCUT2D eigenvalue weighted by Crippen LogP contribution is 2.34. The Morgan fingerprint density at radius 2 is 1.90 bits per heavy atom. The van der Waals surface area contributed by atoms with Crippen LogP contribution < -0.4 is 5.32 Å². The van der Waals surface area contributed by atoms with Gasteiger partial charge < -0.3 is 10.2 Å². The molecule has 0 bridgehead atoms. The Labute approximate surface area is 186 Å². The summed E-state index contributed by atoms with van der Waals surface area (Å²) in [6.07, 6.45) is 6.44. The molecule has 158 valence electrons. The highest BCUT2D eigenvalue weighted by molar-refractivity contribution is 7.17. The summed E-state index contributed by atoms with van der Waals surface area (Å²) in [7, 11) is 0. The number of hydrogen-bond donors (Lipinski definition) is 1. The van der Waals surface area contributed by atoms with E-state index in [2.05, 4.69) is 35.8 Å². The first-order valence-electron chi connectivity index (χ1n) is 11.0. The largest absolute Gasteiger partial charge is 0.348 e. The van der Waals surface area contributed by atoms with Crippen LogP contribution in [0.25, 0.3) is 15.7 Å². The molecule has 4 nitrogen and oxygen atoms in total. The molecule has 0 aliphatic carbocycles. The molecule has 2 aliphatic heterocycles. The van der Waals surface area contributed by atoms with Crippen LogP contribution in [0.15, 0.2) is 47.9 Å². The van der Waals surface area contributed by atoms with Crippen LogP contribution in [0.3, 0.4) is 0 Å². The summed E-state index contributed by atoms with van der Waals surface area (Å²) >= 11 is 1.73. The van der Waals surface area contributed by atoms with Gasteiger partial charge in [0.05, 0.1) is 0 Å². The van der Waals surface area contributed by atoms with Crippen molar-refractivity contribution < 1.29 is 9.59 Å². The van der Waals surface area contributed by atoms with Crippen LogP contribution in [0.4, 0.5) is 0 Å². The molecule has 3 heterocycles. The van der Waals surface area contributed by atoms with Gasteiger partial charge in [0.25, 0.3) is 11.8 Å². The van der Waals surface area contributed by atoms with Gasteiger partial charge in [0.1, 0.15) is 0 Å². The third kappa shape index (κ3) is 3.68. The molecule has 0 spiro atoms. The standard InChI is InChI=1S/C26H26N2O2S/c1-17-8-6-10-20-23(17)18(14-27-25(20)29)9-4-2-3-5-13-28-15-19-16-31-22-12-7-11-21(24(19)22)26(28)30/h6-12,16H,2-5,13-15H2,1H3,(H,27,29)/b18-9-. The topological polar surface area (TPSA) is 49.4 Å².